The average Bonchev–Trinajstić information content (AvgIpc) is 2.16. The molecule has 0 aliphatic heterocycles. The summed E-state index contributed by atoms with van der Waals surface area (Å²) in [6.45, 7) is 0. The molecule has 1 rings (SSSR count). The van der Waals surface area contributed by atoms with E-state index in [1.54, 1.807) is 12.1 Å². The predicted molar refractivity (Wildman–Crippen MR) is 61.1 cm³/mol. The van der Waals surface area contributed by atoms with Gasteiger partial charge >= 0.3 is 32.2 Å². The molecule has 0 aromatic heterocycles. The minimum absolute atomic E-state index is 0. The Hall–Kier alpha value is -0.198. The standard InChI is InChI=1S/C7H4BrClO3.BH3O3.Li.H/c8-5-3-1-2-4(7(10)11)6(5)12-9;2-1(3)4;;/h1-3H,(H,10,11);2-4H;;/q;;+1;-1. The molecule has 0 heterocycles. The van der Waals surface area contributed by atoms with Crippen LogP contribution in [0, 0.1) is 0 Å². The smallest absolute Gasteiger partial charge is 1.00 e. The van der Waals surface area contributed by atoms with Gasteiger partial charge in [0, 0.05) is 0 Å². The quantitative estimate of drug-likeness (QED) is 0.458. The molecule has 1 aromatic carbocycles. The Morgan fingerprint density at radius 2 is 1.88 bits per heavy atom. The second-order valence-electron chi connectivity index (χ2n) is 2.35. The molecule has 0 atom stereocenters. The van der Waals surface area contributed by atoms with E-state index in [1.807, 2.05) is 0 Å². The molecule has 6 nitrogen and oxygen atoms in total. The van der Waals surface area contributed by atoms with Crippen LogP contribution in [0.15, 0.2) is 22.7 Å². The van der Waals surface area contributed by atoms with Crippen molar-refractivity contribution >= 4 is 41.1 Å². The first-order valence-electron chi connectivity index (χ1n) is 3.74. The summed E-state index contributed by atoms with van der Waals surface area (Å²) in [4.78, 5) is 10.6. The summed E-state index contributed by atoms with van der Waals surface area (Å²) in [5, 5.41) is 30.2. The molecule has 10 heteroatoms. The molecule has 4 N–H and O–H groups in total. The number of para-hydroxylation sites is 1. The number of hydrogen-bond donors (Lipinski definition) is 4. The third-order valence-electron chi connectivity index (χ3n) is 1.27. The topological polar surface area (TPSA) is 107 Å². The first kappa shape index (κ1) is 19.1. The first-order chi connectivity index (χ1) is 7.40. The van der Waals surface area contributed by atoms with Crippen LogP contribution in [0.1, 0.15) is 11.8 Å². The van der Waals surface area contributed by atoms with Crippen LogP contribution in [0.2, 0.25) is 0 Å². The molecule has 0 saturated carbocycles. The molecule has 0 unspecified atom stereocenters. The van der Waals surface area contributed by atoms with Crippen molar-refractivity contribution in [3.05, 3.63) is 28.2 Å². The third kappa shape index (κ3) is 7.68. The van der Waals surface area contributed by atoms with Crippen LogP contribution in [-0.2, 0) is 0 Å². The molecule has 0 spiro atoms. The fraction of sp³-hybridized carbons (Fsp3) is 0. The second-order valence-corrected chi connectivity index (χ2v) is 3.35. The van der Waals surface area contributed by atoms with Gasteiger partial charge < -0.3 is 25.9 Å². The molecule has 0 bridgehead atoms. The van der Waals surface area contributed by atoms with Crippen LogP contribution in [0.5, 0.6) is 5.75 Å². The Bertz CT molecular complexity index is 369. The van der Waals surface area contributed by atoms with E-state index in [0.29, 0.717) is 4.47 Å². The summed E-state index contributed by atoms with van der Waals surface area (Å²) < 4.78 is 4.89. The van der Waals surface area contributed by atoms with Gasteiger partial charge in [0.2, 0.25) is 0 Å². The Morgan fingerprint density at radius 1 is 1.41 bits per heavy atom. The van der Waals surface area contributed by atoms with Crippen LogP contribution in [0.3, 0.4) is 0 Å². The first-order valence-corrected chi connectivity index (χ1v) is 4.85. The van der Waals surface area contributed by atoms with Gasteiger partial charge in [-0.1, -0.05) is 6.07 Å². The molecular weight excluding hydrogens is 313 g/mol. The predicted octanol–water partition coefficient (Wildman–Crippen LogP) is -2.26. The number of rotatable bonds is 2. The van der Waals surface area contributed by atoms with E-state index >= 15 is 0 Å². The second kappa shape index (κ2) is 9.79. The summed E-state index contributed by atoms with van der Waals surface area (Å²) >= 11 is 8.19. The van der Waals surface area contributed by atoms with Crippen LogP contribution >= 0.6 is 27.8 Å². The van der Waals surface area contributed by atoms with E-state index in [1.165, 1.54) is 6.07 Å². The van der Waals surface area contributed by atoms with E-state index < -0.39 is 13.3 Å². The number of carboxylic acid groups (broad SMARTS) is 1. The van der Waals surface area contributed by atoms with Gasteiger partial charge in [-0.05, 0) is 28.1 Å². The van der Waals surface area contributed by atoms with Crippen LogP contribution in [0.4, 0.5) is 0 Å². The van der Waals surface area contributed by atoms with Crippen molar-refractivity contribution in [2.24, 2.45) is 0 Å². The number of carbonyl (C=O) groups is 1. The maximum absolute atomic E-state index is 10.6. The number of aromatic carboxylic acids is 1. The number of halogens is 2. The van der Waals surface area contributed by atoms with E-state index in [0.717, 1.165) is 0 Å². The van der Waals surface area contributed by atoms with Crippen molar-refractivity contribution in [1.82, 2.24) is 0 Å². The fourth-order valence-electron chi connectivity index (χ4n) is 0.756. The maximum Gasteiger partial charge on any atom is 1.00 e. The maximum atomic E-state index is 10.6. The Labute approximate surface area is 124 Å². The van der Waals surface area contributed by atoms with Gasteiger partial charge in [-0.15, -0.1) is 0 Å². The molecule has 1 aromatic rings. The zero-order valence-electron chi connectivity index (χ0n) is 9.67. The van der Waals surface area contributed by atoms with Gasteiger partial charge in [-0.25, -0.2) is 4.79 Å². The van der Waals surface area contributed by atoms with Gasteiger partial charge in [0.1, 0.15) is 17.4 Å². The van der Waals surface area contributed by atoms with Crippen molar-refractivity contribution in [1.29, 1.82) is 0 Å². The molecule has 0 radical (unpaired) electrons. The monoisotopic (exact) mass is 320 g/mol. The average molecular weight is 321 g/mol. The minimum Gasteiger partial charge on any atom is -1.00 e. The van der Waals surface area contributed by atoms with Crippen molar-refractivity contribution in [2.45, 2.75) is 0 Å². The van der Waals surface area contributed by atoms with Gasteiger partial charge in [0.05, 0.1) is 4.47 Å². The minimum atomic E-state index is -2.17. The third-order valence-corrected chi connectivity index (χ3v) is 2.05. The van der Waals surface area contributed by atoms with Crippen LogP contribution in [0.25, 0.3) is 0 Å². The van der Waals surface area contributed by atoms with Crippen molar-refractivity contribution < 1.29 is 49.5 Å². The van der Waals surface area contributed by atoms with E-state index in [9.17, 15) is 4.79 Å². The molecule has 0 amide bonds. The van der Waals surface area contributed by atoms with E-state index in [2.05, 4.69) is 20.2 Å². The van der Waals surface area contributed by atoms with Crippen molar-refractivity contribution in [2.75, 3.05) is 0 Å². The molecule has 17 heavy (non-hydrogen) atoms. The zero-order valence-corrected chi connectivity index (χ0v) is 11.0. The summed E-state index contributed by atoms with van der Waals surface area (Å²) in [6, 6.07) is 4.64. The summed E-state index contributed by atoms with van der Waals surface area (Å²) in [6.07, 6.45) is 0. The summed E-state index contributed by atoms with van der Waals surface area (Å²) in [5.74, 6) is -0.960. The number of benzene rings is 1. The molecule has 90 valence electrons. The molecular formula is C7H8BBrClLiO6. The number of hydrogen-bond acceptors (Lipinski definition) is 5. The summed E-state index contributed by atoms with van der Waals surface area (Å²) in [7, 11) is -2.17. The van der Waals surface area contributed by atoms with E-state index in [4.69, 9.17) is 32.0 Å². The summed E-state index contributed by atoms with van der Waals surface area (Å²) in [5.41, 5.74) is 0.0272. The Balaban J connectivity index is -0.000000332. The number of carboxylic acids is 1. The zero-order chi connectivity index (χ0) is 12.7. The molecule has 0 aliphatic rings. The van der Waals surface area contributed by atoms with Gasteiger partial charge in [-0.2, -0.15) is 0 Å². The van der Waals surface area contributed by atoms with Crippen LogP contribution in [-0.4, -0.2) is 33.5 Å². The van der Waals surface area contributed by atoms with Gasteiger partial charge in [0.15, 0.2) is 5.75 Å². The molecule has 0 aliphatic carbocycles. The Kier molecular flexibility index (Phi) is 11.0. The van der Waals surface area contributed by atoms with Gasteiger partial charge in [-0.3, -0.25) is 0 Å². The SMILES string of the molecule is O=C(O)c1cccc(Br)c1OCl.OB(O)O.[H-].[Li+]. The van der Waals surface area contributed by atoms with Gasteiger partial charge in [0.25, 0.3) is 0 Å². The molecule has 0 fully saturated rings. The fourth-order valence-corrected chi connectivity index (χ4v) is 1.46. The van der Waals surface area contributed by atoms with Crippen molar-refractivity contribution in [3.63, 3.8) is 0 Å². The Morgan fingerprint density at radius 3 is 2.18 bits per heavy atom. The van der Waals surface area contributed by atoms with Crippen molar-refractivity contribution in [3.8, 4) is 5.75 Å². The molecule has 0 saturated heterocycles. The largest absolute Gasteiger partial charge is 1.00 e. The van der Waals surface area contributed by atoms with E-state index in [-0.39, 0.29) is 31.6 Å². The normalized spacial score (nSPS) is 8.29. The van der Waals surface area contributed by atoms with Crippen LogP contribution < -0.4 is 23.1 Å².